The normalized spacial score (nSPS) is 12.7. The van der Waals surface area contributed by atoms with E-state index in [0.29, 0.717) is 21.4 Å². The van der Waals surface area contributed by atoms with Crippen LogP contribution in [0, 0.1) is 6.92 Å². The number of rotatable bonds is 9. The summed E-state index contributed by atoms with van der Waals surface area (Å²) in [5, 5.41) is 3.80. The standard InChI is InChI=1S/C23H28Cl2N2O3/c1-5-16(3)26-23(29)17(4)27(13-19-20(24)7-6-8-21(19)25)22(28)14-30-18-11-9-15(2)10-12-18/h6-12,16-17H,5,13-14H2,1-4H3,(H,26,29)/t16-,17-/m0/s1. The number of amides is 2. The second-order valence-electron chi connectivity index (χ2n) is 7.32. The third-order valence-electron chi connectivity index (χ3n) is 4.94. The van der Waals surface area contributed by atoms with Crippen LogP contribution in [0.15, 0.2) is 42.5 Å². The summed E-state index contributed by atoms with van der Waals surface area (Å²) in [5.41, 5.74) is 1.69. The molecule has 30 heavy (non-hydrogen) atoms. The predicted molar refractivity (Wildman–Crippen MR) is 121 cm³/mol. The number of nitrogens with one attached hydrogen (secondary N) is 1. The van der Waals surface area contributed by atoms with Crippen LogP contribution in [0.2, 0.25) is 10.0 Å². The smallest absolute Gasteiger partial charge is 0.261 e. The average Bonchev–Trinajstić information content (AvgIpc) is 2.72. The van der Waals surface area contributed by atoms with E-state index in [9.17, 15) is 9.59 Å². The molecule has 2 amide bonds. The van der Waals surface area contributed by atoms with Crippen LogP contribution in [-0.4, -0.2) is 35.4 Å². The van der Waals surface area contributed by atoms with Crippen LogP contribution in [0.3, 0.4) is 0 Å². The lowest BCUT2D eigenvalue weighted by molar-refractivity contribution is -0.142. The van der Waals surface area contributed by atoms with Crippen molar-refractivity contribution in [1.82, 2.24) is 10.2 Å². The van der Waals surface area contributed by atoms with Gasteiger partial charge in [-0.1, -0.05) is 53.9 Å². The van der Waals surface area contributed by atoms with Crippen LogP contribution in [0.1, 0.15) is 38.3 Å². The minimum Gasteiger partial charge on any atom is -0.484 e. The summed E-state index contributed by atoms with van der Waals surface area (Å²) >= 11 is 12.6. The first-order valence-corrected chi connectivity index (χ1v) is 10.7. The highest BCUT2D eigenvalue weighted by Crippen LogP contribution is 2.26. The van der Waals surface area contributed by atoms with Crippen LogP contribution >= 0.6 is 23.2 Å². The van der Waals surface area contributed by atoms with Crippen LogP contribution in [0.5, 0.6) is 5.75 Å². The second-order valence-corrected chi connectivity index (χ2v) is 8.13. The molecule has 1 N–H and O–H groups in total. The maximum absolute atomic E-state index is 13.0. The molecule has 0 heterocycles. The zero-order valence-electron chi connectivity index (χ0n) is 17.7. The number of carbonyl (C=O) groups is 2. The molecule has 2 atom stereocenters. The second kappa shape index (κ2) is 11.2. The number of carbonyl (C=O) groups excluding carboxylic acids is 2. The Balaban J connectivity index is 2.21. The van der Waals surface area contributed by atoms with Gasteiger partial charge in [0, 0.05) is 28.2 Å². The van der Waals surface area contributed by atoms with E-state index in [1.807, 2.05) is 32.9 Å². The van der Waals surface area contributed by atoms with Gasteiger partial charge in [-0.2, -0.15) is 0 Å². The van der Waals surface area contributed by atoms with Gasteiger partial charge in [-0.05, 0) is 51.5 Å². The number of nitrogens with zero attached hydrogens (tertiary/aromatic N) is 1. The van der Waals surface area contributed by atoms with Crippen LogP contribution < -0.4 is 10.1 Å². The van der Waals surface area contributed by atoms with E-state index in [2.05, 4.69) is 5.32 Å². The van der Waals surface area contributed by atoms with Gasteiger partial charge in [0.25, 0.3) is 5.91 Å². The van der Waals surface area contributed by atoms with Crippen molar-refractivity contribution in [1.29, 1.82) is 0 Å². The highest BCUT2D eigenvalue weighted by molar-refractivity contribution is 6.36. The lowest BCUT2D eigenvalue weighted by Crippen LogP contribution is -2.50. The third-order valence-corrected chi connectivity index (χ3v) is 5.65. The zero-order chi connectivity index (χ0) is 22.3. The van der Waals surface area contributed by atoms with Crippen molar-refractivity contribution < 1.29 is 14.3 Å². The van der Waals surface area contributed by atoms with E-state index >= 15 is 0 Å². The molecule has 7 heteroatoms. The third kappa shape index (κ3) is 6.64. The summed E-state index contributed by atoms with van der Waals surface area (Å²) in [6.07, 6.45) is 0.791. The molecule has 0 saturated carbocycles. The van der Waals surface area contributed by atoms with Crippen molar-refractivity contribution in [2.75, 3.05) is 6.61 Å². The Kier molecular flexibility index (Phi) is 9.00. The highest BCUT2D eigenvalue weighted by atomic mass is 35.5. The Morgan fingerprint density at radius 3 is 2.23 bits per heavy atom. The maximum atomic E-state index is 13.0. The van der Waals surface area contributed by atoms with Gasteiger partial charge >= 0.3 is 0 Å². The average molecular weight is 451 g/mol. The summed E-state index contributed by atoms with van der Waals surface area (Å²) in [4.78, 5) is 27.2. The van der Waals surface area contributed by atoms with Gasteiger partial charge in [0.2, 0.25) is 5.91 Å². The van der Waals surface area contributed by atoms with Crippen LogP contribution in [0.4, 0.5) is 0 Å². The first-order chi connectivity index (χ1) is 14.2. The Morgan fingerprint density at radius 2 is 1.67 bits per heavy atom. The molecule has 0 spiro atoms. The van der Waals surface area contributed by atoms with Crippen molar-refractivity contribution in [2.24, 2.45) is 0 Å². The molecule has 0 bridgehead atoms. The largest absolute Gasteiger partial charge is 0.484 e. The lowest BCUT2D eigenvalue weighted by Gasteiger charge is -2.30. The fourth-order valence-electron chi connectivity index (χ4n) is 2.76. The lowest BCUT2D eigenvalue weighted by atomic mass is 10.1. The zero-order valence-corrected chi connectivity index (χ0v) is 19.3. The molecule has 0 unspecified atom stereocenters. The van der Waals surface area contributed by atoms with E-state index in [-0.39, 0.29) is 31.0 Å². The van der Waals surface area contributed by atoms with Gasteiger partial charge in [-0.3, -0.25) is 9.59 Å². The molecule has 2 aromatic carbocycles. The molecule has 0 saturated heterocycles. The number of benzene rings is 2. The highest BCUT2D eigenvalue weighted by Gasteiger charge is 2.28. The van der Waals surface area contributed by atoms with Gasteiger partial charge in [0.15, 0.2) is 6.61 Å². The first kappa shape index (κ1) is 24.0. The molecule has 5 nitrogen and oxygen atoms in total. The van der Waals surface area contributed by atoms with E-state index < -0.39 is 6.04 Å². The van der Waals surface area contributed by atoms with E-state index in [4.69, 9.17) is 27.9 Å². The van der Waals surface area contributed by atoms with Gasteiger partial charge in [0.05, 0.1) is 0 Å². The number of halogens is 2. The molecule has 2 aromatic rings. The first-order valence-electron chi connectivity index (χ1n) is 9.95. The molecule has 0 aliphatic rings. The van der Waals surface area contributed by atoms with Crippen molar-refractivity contribution in [3.05, 3.63) is 63.6 Å². The predicted octanol–water partition coefficient (Wildman–Crippen LogP) is 5.01. The number of hydrogen-bond acceptors (Lipinski definition) is 3. The molecule has 0 radical (unpaired) electrons. The summed E-state index contributed by atoms with van der Waals surface area (Å²) in [6.45, 7) is 7.46. The Bertz CT molecular complexity index is 851. The van der Waals surface area contributed by atoms with Crippen LogP contribution in [0.25, 0.3) is 0 Å². The quantitative estimate of drug-likeness (QED) is 0.583. The monoisotopic (exact) mass is 450 g/mol. The topological polar surface area (TPSA) is 58.6 Å². The number of aryl methyl sites for hydroxylation is 1. The van der Waals surface area contributed by atoms with E-state index in [1.165, 1.54) is 4.90 Å². The van der Waals surface area contributed by atoms with Crippen LogP contribution in [-0.2, 0) is 16.1 Å². The fourth-order valence-corrected chi connectivity index (χ4v) is 3.28. The molecule has 162 valence electrons. The summed E-state index contributed by atoms with van der Waals surface area (Å²) in [6, 6.07) is 11.8. The van der Waals surface area contributed by atoms with E-state index in [1.54, 1.807) is 37.3 Å². The summed E-state index contributed by atoms with van der Waals surface area (Å²) in [5.74, 6) is 0.0101. The molecular weight excluding hydrogens is 423 g/mol. The molecular formula is C23H28Cl2N2O3. The van der Waals surface area contributed by atoms with Gasteiger partial charge in [-0.25, -0.2) is 0 Å². The summed E-state index contributed by atoms with van der Waals surface area (Å²) in [7, 11) is 0. The Labute approximate surface area is 188 Å². The fraction of sp³-hybridized carbons (Fsp3) is 0.391. The minimum atomic E-state index is -0.722. The Hall–Kier alpha value is -2.24. The summed E-state index contributed by atoms with van der Waals surface area (Å²) < 4.78 is 5.65. The van der Waals surface area contributed by atoms with Crippen molar-refractivity contribution in [3.63, 3.8) is 0 Å². The van der Waals surface area contributed by atoms with Crippen molar-refractivity contribution in [3.8, 4) is 5.75 Å². The van der Waals surface area contributed by atoms with Gasteiger partial charge in [0.1, 0.15) is 11.8 Å². The van der Waals surface area contributed by atoms with Gasteiger partial charge in [-0.15, -0.1) is 0 Å². The molecule has 2 rings (SSSR count). The Morgan fingerprint density at radius 1 is 1.07 bits per heavy atom. The molecule has 0 aliphatic carbocycles. The molecule has 0 aromatic heterocycles. The van der Waals surface area contributed by atoms with Crippen molar-refractivity contribution >= 4 is 35.0 Å². The number of ether oxygens (including phenoxy) is 1. The van der Waals surface area contributed by atoms with Crippen molar-refractivity contribution in [2.45, 2.75) is 52.7 Å². The van der Waals surface area contributed by atoms with Gasteiger partial charge < -0.3 is 15.0 Å². The SMILES string of the molecule is CC[C@H](C)NC(=O)[C@H](C)N(Cc1c(Cl)cccc1Cl)C(=O)COc1ccc(C)cc1. The maximum Gasteiger partial charge on any atom is 0.261 e. The minimum absolute atomic E-state index is 0.00427. The molecule has 0 aliphatic heterocycles. The van der Waals surface area contributed by atoms with E-state index in [0.717, 1.165) is 12.0 Å². The number of hydrogen-bond donors (Lipinski definition) is 1. The molecule has 0 fully saturated rings.